The van der Waals surface area contributed by atoms with Crippen molar-refractivity contribution in [2.45, 2.75) is 33.7 Å². The van der Waals surface area contributed by atoms with Crippen LogP contribution < -0.4 is 10.6 Å². The molecule has 0 bridgehead atoms. The first-order valence-electron chi connectivity index (χ1n) is 9.07. The molecule has 0 radical (unpaired) electrons. The summed E-state index contributed by atoms with van der Waals surface area (Å²) < 4.78 is 7.77. The lowest BCUT2D eigenvalue weighted by molar-refractivity contribution is 0.544. The van der Waals surface area contributed by atoms with E-state index in [4.69, 9.17) is 9.41 Å². The molecule has 26 heavy (non-hydrogen) atoms. The molecule has 0 aliphatic carbocycles. The van der Waals surface area contributed by atoms with Gasteiger partial charge in [0.15, 0.2) is 5.96 Å². The van der Waals surface area contributed by atoms with E-state index in [1.54, 1.807) is 0 Å². The second-order valence-corrected chi connectivity index (χ2v) is 6.40. The third kappa shape index (κ3) is 4.07. The minimum atomic E-state index is 0.617. The lowest BCUT2D eigenvalue weighted by Crippen LogP contribution is -2.38. The predicted octanol–water partition coefficient (Wildman–Crippen LogP) is 3.08. The van der Waals surface area contributed by atoms with Gasteiger partial charge in [0.1, 0.15) is 11.3 Å². The minimum Gasteiger partial charge on any atom is -0.461 e. The first kappa shape index (κ1) is 18.0. The molecule has 0 atom stereocenters. The highest BCUT2D eigenvalue weighted by Gasteiger charge is 2.09. The Morgan fingerprint density at radius 1 is 1.23 bits per heavy atom. The van der Waals surface area contributed by atoms with Crippen LogP contribution in [0.3, 0.4) is 0 Å². The average molecular weight is 353 g/mol. The van der Waals surface area contributed by atoms with Crippen LogP contribution >= 0.6 is 0 Å². The Hall–Kier alpha value is -2.76. The molecule has 0 aliphatic rings. The Morgan fingerprint density at radius 2 is 2.04 bits per heavy atom. The number of nitrogens with one attached hydrogen (secondary N) is 2. The molecular weight excluding hydrogens is 326 g/mol. The number of guanidine groups is 1. The van der Waals surface area contributed by atoms with Crippen molar-refractivity contribution in [3.8, 4) is 0 Å². The van der Waals surface area contributed by atoms with Gasteiger partial charge in [0.2, 0.25) is 0 Å². The number of nitrogens with zero attached hydrogens (tertiary/aromatic N) is 3. The lowest BCUT2D eigenvalue weighted by atomic mass is 10.2. The molecule has 0 saturated heterocycles. The van der Waals surface area contributed by atoms with Gasteiger partial charge in [0.25, 0.3) is 0 Å². The zero-order valence-corrected chi connectivity index (χ0v) is 16.0. The summed E-state index contributed by atoms with van der Waals surface area (Å²) in [5, 5.41) is 12.3. The van der Waals surface area contributed by atoms with E-state index in [1.165, 1.54) is 5.56 Å². The maximum absolute atomic E-state index is 5.86. The summed E-state index contributed by atoms with van der Waals surface area (Å²) in [6.07, 6.45) is 0.810. The summed E-state index contributed by atoms with van der Waals surface area (Å²) in [5.41, 5.74) is 4.31. The van der Waals surface area contributed by atoms with Crippen molar-refractivity contribution in [2.75, 3.05) is 13.1 Å². The quantitative estimate of drug-likeness (QED) is 0.528. The largest absolute Gasteiger partial charge is 0.461 e. The molecular formula is C20H27N5O. The Balaban J connectivity index is 1.60. The third-order valence-electron chi connectivity index (χ3n) is 4.54. The fourth-order valence-corrected chi connectivity index (χ4v) is 3.01. The second kappa shape index (κ2) is 8.08. The summed E-state index contributed by atoms with van der Waals surface area (Å²) in [6, 6.07) is 10.2. The average Bonchev–Trinajstić information content (AvgIpc) is 3.13. The normalized spacial score (nSPS) is 11.9. The van der Waals surface area contributed by atoms with Crippen molar-refractivity contribution in [2.24, 2.45) is 12.0 Å². The van der Waals surface area contributed by atoms with E-state index >= 15 is 0 Å². The van der Waals surface area contributed by atoms with Crippen LogP contribution in [0.5, 0.6) is 0 Å². The zero-order chi connectivity index (χ0) is 18.5. The van der Waals surface area contributed by atoms with E-state index in [0.29, 0.717) is 6.54 Å². The highest BCUT2D eigenvalue weighted by atomic mass is 16.3. The van der Waals surface area contributed by atoms with Gasteiger partial charge in [-0.3, -0.25) is 4.68 Å². The van der Waals surface area contributed by atoms with E-state index in [9.17, 15) is 0 Å². The summed E-state index contributed by atoms with van der Waals surface area (Å²) in [5.74, 6) is 1.79. The minimum absolute atomic E-state index is 0.617. The van der Waals surface area contributed by atoms with E-state index in [0.717, 1.165) is 53.6 Å². The molecule has 2 heterocycles. The fraction of sp³-hybridized carbons (Fsp3) is 0.400. The number of rotatable bonds is 6. The molecule has 2 aromatic heterocycles. The first-order chi connectivity index (χ1) is 12.6. The Morgan fingerprint density at radius 3 is 2.73 bits per heavy atom. The summed E-state index contributed by atoms with van der Waals surface area (Å²) in [7, 11) is 1.96. The summed E-state index contributed by atoms with van der Waals surface area (Å²) in [4.78, 5) is 4.70. The molecule has 6 heteroatoms. The van der Waals surface area contributed by atoms with Crippen LogP contribution in [0.2, 0.25) is 0 Å². The van der Waals surface area contributed by atoms with Crippen molar-refractivity contribution in [3.05, 3.63) is 53.0 Å². The predicted molar refractivity (Wildman–Crippen MR) is 105 cm³/mol. The molecule has 0 amide bonds. The van der Waals surface area contributed by atoms with Crippen LogP contribution in [0.15, 0.2) is 39.7 Å². The third-order valence-corrected chi connectivity index (χ3v) is 4.54. The maximum Gasteiger partial charge on any atom is 0.191 e. The van der Waals surface area contributed by atoms with Crippen LogP contribution in [-0.2, 0) is 20.0 Å². The van der Waals surface area contributed by atoms with Gasteiger partial charge in [0.05, 0.1) is 12.2 Å². The number of aliphatic imine (C=N–C) groups is 1. The first-order valence-corrected chi connectivity index (χ1v) is 9.07. The number of aromatic nitrogens is 2. The van der Waals surface area contributed by atoms with Crippen LogP contribution in [0.4, 0.5) is 0 Å². The van der Waals surface area contributed by atoms with Gasteiger partial charge in [-0.25, -0.2) is 4.99 Å². The molecule has 2 N–H and O–H groups in total. The highest BCUT2D eigenvalue weighted by Crippen LogP contribution is 2.18. The number of fused-ring (bicyclic) bond motifs is 1. The number of para-hydroxylation sites is 1. The Labute approximate surface area is 154 Å². The molecule has 1 aromatic carbocycles. The second-order valence-electron chi connectivity index (χ2n) is 6.40. The van der Waals surface area contributed by atoms with Crippen molar-refractivity contribution < 1.29 is 4.42 Å². The van der Waals surface area contributed by atoms with Crippen molar-refractivity contribution in [1.82, 2.24) is 20.4 Å². The topological polar surface area (TPSA) is 67.4 Å². The number of aryl methyl sites for hydroxylation is 2. The van der Waals surface area contributed by atoms with E-state index < -0.39 is 0 Å². The van der Waals surface area contributed by atoms with Crippen LogP contribution in [0.1, 0.15) is 29.6 Å². The van der Waals surface area contributed by atoms with Gasteiger partial charge < -0.3 is 15.1 Å². The number of benzene rings is 1. The van der Waals surface area contributed by atoms with Crippen LogP contribution in [0.25, 0.3) is 11.0 Å². The molecule has 0 unspecified atom stereocenters. The number of furan rings is 1. The fourth-order valence-electron chi connectivity index (χ4n) is 3.01. The van der Waals surface area contributed by atoms with Gasteiger partial charge in [-0.2, -0.15) is 5.10 Å². The number of hydrogen-bond donors (Lipinski definition) is 2. The molecule has 0 spiro atoms. The van der Waals surface area contributed by atoms with Crippen LogP contribution in [-0.4, -0.2) is 28.8 Å². The SMILES string of the molecule is CCNC(=NCc1c(C)nn(C)c1C)NCCc1cc2ccccc2o1. The molecule has 3 aromatic rings. The van der Waals surface area contributed by atoms with Gasteiger partial charge in [-0.1, -0.05) is 18.2 Å². The lowest BCUT2D eigenvalue weighted by Gasteiger charge is -2.10. The Kier molecular flexibility index (Phi) is 5.61. The highest BCUT2D eigenvalue weighted by molar-refractivity contribution is 5.80. The van der Waals surface area contributed by atoms with Crippen LogP contribution in [0, 0.1) is 13.8 Å². The van der Waals surface area contributed by atoms with Crippen molar-refractivity contribution >= 4 is 16.9 Å². The van der Waals surface area contributed by atoms with E-state index in [-0.39, 0.29) is 0 Å². The summed E-state index contributed by atoms with van der Waals surface area (Å²) in [6.45, 7) is 8.37. The van der Waals surface area contributed by atoms with E-state index in [2.05, 4.69) is 41.7 Å². The Bertz CT molecular complexity index is 873. The van der Waals surface area contributed by atoms with Gasteiger partial charge in [-0.15, -0.1) is 0 Å². The molecule has 0 saturated carbocycles. The van der Waals surface area contributed by atoms with Crippen molar-refractivity contribution in [1.29, 1.82) is 0 Å². The molecule has 0 aliphatic heterocycles. The van der Waals surface area contributed by atoms with Gasteiger partial charge >= 0.3 is 0 Å². The molecule has 138 valence electrons. The maximum atomic E-state index is 5.86. The van der Waals surface area contributed by atoms with E-state index in [1.807, 2.05) is 36.9 Å². The van der Waals surface area contributed by atoms with Crippen molar-refractivity contribution in [3.63, 3.8) is 0 Å². The molecule has 3 rings (SSSR count). The van der Waals surface area contributed by atoms with Gasteiger partial charge in [0, 0.05) is 43.2 Å². The molecule has 6 nitrogen and oxygen atoms in total. The molecule has 0 fully saturated rings. The summed E-state index contributed by atoms with van der Waals surface area (Å²) >= 11 is 0. The zero-order valence-electron chi connectivity index (χ0n) is 16.0. The smallest absolute Gasteiger partial charge is 0.191 e. The standard InChI is InChI=1S/C20H27N5O/c1-5-21-20(23-13-18-14(2)24-25(4)15(18)3)22-11-10-17-12-16-8-6-7-9-19(16)26-17/h6-9,12H,5,10-11,13H2,1-4H3,(H2,21,22,23). The number of hydrogen-bond acceptors (Lipinski definition) is 3. The van der Waals surface area contributed by atoms with Gasteiger partial charge in [-0.05, 0) is 32.9 Å². The monoisotopic (exact) mass is 353 g/mol.